The van der Waals surface area contributed by atoms with Gasteiger partial charge in [0, 0.05) is 13.7 Å². The molecule has 1 aromatic rings. The molecule has 1 amide bonds. The number of carboxylic acids is 1. The number of nitrogens with zero attached hydrogens (tertiary/aromatic N) is 1. The van der Waals surface area contributed by atoms with Crippen LogP contribution in [0.15, 0.2) is 30.3 Å². The number of hydrogen-bond donors (Lipinski definition) is 1. The number of amides is 1. The zero-order valence-electron chi connectivity index (χ0n) is 12.3. The van der Waals surface area contributed by atoms with E-state index in [2.05, 4.69) is 0 Å². The fourth-order valence-corrected chi connectivity index (χ4v) is 1.81. The zero-order valence-corrected chi connectivity index (χ0v) is 12.3. The summed E-state index contributed by atoms with van der Waals surface area (Å²) in [7, 11) is 1.50. The number of benzene rings is 1. The molecule has 1 aromatic carbocycles. The predicted octanol–water partition coefficient (Wildman–Crippen LogP) is 1.40. The molecule has 1 unspecified atom stereocenters. The Morgan fingerprint density at radius 1 is 1.29 bits per heavy atom. The summed E-state index contributed by atoms with van der Waals surface area (Å²) < 4.78 is 10.6. The van der Waals surface area contributed by atoms with E-state index < -0.39 is 12.1 Å². The monoisotopic (exact) mass is 295 g/mol. The van der Waals surface area contributed by atoms with E-state index in [0.717, 1.165) is 0 Å². The van der Waals surface area contributed by atoms with Gasteiger partial charge in [-0.25, -0.2) is 0 Å². The van der Waals surface area contributed by atoms with E-state index in [4.69, 9.17) is 14.6 Å². The molecule has 1 atom stereocenters. The summed E-state index contributed by atoms with van der Waals surface area (Å²) in [4.78, 5) is 24.5. The number of carbonyl (C=O) groups is 2. The van der Waals surface area contributed by atoms with Gasteiger partial charge in [0.1, 0.15) is 12.3 Å². The van der Waals surface area contributed by atoms with Gasteiger partial charge in [0.2, 0.25) is 0 Å². The Bertz CT molecular complexity index is 449. The van der Waals surface area contributed by atoms with Crippen LogP contribution in [0.4, 0.5) is 0 Å². The third kappa shape index (κ3) is 5.83. The number of aliphatic carboxylic acids is 1. The molecular weight excluding hydrogens is 274 g/mol. The van der Waals surface area contributed by atoms with Crippen LogP contribution in [0.1, 0.15) is 13.3 Å². The third-order valence-corrected chi connectivity index (χ3v) is 2.87. The van der Waals surface area contributed by atoms with E-state index in [-0.39, 0.29) is 25.6 Å². The topological polar surface area (TPSA) is 76.1 Å². The minimum Gasteiger partial charge on any atom is -0.481 e. The van der Waals surface area contributed by atoms with Crippen LogP contribution in [0.2, 0.25) is 0 Å². The number of methoxy groups -OCH3 is 1. The van der Waals surface area contributed by atoms with Gasteiger partial charge in [0.25, 0.3) is 5.91 Å². The third-order valence-electron chi connectivity index (χ3n) is 2.87. The summed E-state index contributed by atoms with van der Waals surface area (Å²) in [6, 6.07) is 8.99. The van der Waals surface area contributed by atoms with Gasteiger partial charge in [-0.2, -0.15) is 0 Å². The smallest absolute Gasteiger partial charge is 0.323 e. The first-order valence-corrected chi connectivity index (χ1v) is 6.79. The molecule has 0 radical (unpaired) electrons. The molecule has 1 rings (SSSR count). The summed E-state index contributed by atoms with van der Waals surface area (Å²) in [5.41, 5.74) is 0. The Balaban J connectivity index is 2.75. The van der Waals surface area contributed by atoms with Gasteiger partial charge in [-0.15, -0.1) is 0 Å². The molecule has 0 fully saturated rings. The Morgan fingerprint density at radius 2 is 1.95 bits per heavy atom. The van der Waals surface area contributed by atoms with Crippen molar-refractivity contribution in [1.29, 1.82) is 0 Å². The van der Waals surface area contributed by atoms with Crippen molar-refractivity contribution in [1.82, 2.24) is 4.90 Å². The lowest BCUT2D eigenvalue weighted by atomic mass is 10.2. The molecule has 0 saturated carbocycles. The maximum absolute atomic E-state index is 12.4. The lowest BCUT2D eigenvalue weighted by molar-refractivity contribution is -0.148. The average Bonchev–Trinajstić information content (AvgIpc) is 2.49. The first-order valence-electron chi connectivity index (χ1n) is 6.79. The molecule has 0 aliphatic carbocycles. The van der Waals surface area contributed by atoms with Crippen molar-refractivity contribution < 1.29 is 24.2 Å². The van der Waals surface area contributed by atoms with E-state index in [1.165, 1.54) is 12.0 Å². The summed E-state index contributed by atoms with van der Waals surface area (Å²) in [6.45, 7) is 1.95. The second-order valence-corrected chi connectivity index (χ2v) is 4.47. The maximum Gasteiger partial charge on any atom is 0.323 e. The molecule has 116 valence electrons. The average molecular weight is 295 g/mol. The molecule has 21 heavy (non-hydrogen) atoms. The van der Waals surface area contributed by atoms with E-state index >= 15 is 0 Å². The van der Waals surface area contributed by atoms with E-state index in [1.807, 2.05) is 25.1 Å². The summed E-state index contributed by atoms with van der Waals surface area (Å²) in [5, 5.41) is 8.90. The van der Waals surface area contributed by atoms with Crippen molar-refractivity contribution in [3.63, 3.8) is 0 Å². The molecule has 1 N–H and O–H groups in total. The van der Waals surface area contributed by atoms with Crippen molar-refractivity contribution >= 4 is 11.9 Å². The lowest BCUT2D eigenvalue weighted by Gasteiger charge is -2.25. The van der Waals surface area contributed by atoms with Gasteiger partial charge in [-0.05, 0) is 18.6 Å². The lowest BCUT2D eigenvalue weighted by Crippen LogP contribution is -2.45. The van der Waals surface area contributed by atoms with Gasteiger partial charge in [0.15, 0.2) is 6.10 Å². The van der Waals surface area contributed by atoms with Crippen molar-refractivity contribution in [2.24, 2.45) is 0 Å². The standard InChI is InChI=1S/C15H21NO5/c1-3-13(21-12-7-5-4-6-8-12)15(19)16(9-10-20-2)11-14(17)18/h4-8,13H,3,9-11H2,1-2H3,(H,17,18). The normalized spacial score (nSPS) is 11.7. The van der Waals surface area contributed by atoms with Crippen molar-refractivity contribution in [3.8, 4) is 5.75 Å². The van der Waals surface area contributed by atoms with Crippen LogP contribution in [0.3, 0.4) is 0 Å². The maximum atomic E-state index is 12.4. The molecule has 0 aromatic heterocycles. The Kier molecular flexibility index (Phi) is 7.25. The van der Waals surface area contributed by atoms with Gasteiger partial charge in [-0.3, -0.25) is 9.59 Å². The van der Waals surface area contributed by atoms with Crippen molar-refractivity contribution in [3.05, 3.63) is 30.3 Å². The summed E-state index contributed by atoms with van der Waals surface area (Å²) in [5.74, 6) is -0.825. The highest BCUT2D eigenvalue weighted by Gasteiger charge is 2.26. The van der Waals surface area contributed by atoms with Gasteiger partial charge in [-0.1, -0.05) is 25.1 Å². The number of para-hydroxylation sites is 1. The van der Waals surface area contributed by atoms with Crippen molar-refractivity contribution in [2.45, 2.75) is 19.4 Å². The predicted molar refractivity (Wildman–Crippen MR) is 77.2 cm³/mol. The number of ether oxygens (including phenoxy) is 2. The number of carboxylic acid groups (broad SMARTS) is 1. The van der Waals surface area contributed by atoms with Crippen LogP contribution in [-0.2, 0) is 14.3 Å². The Hall–Kier alpha value is -2.08. The van der Waals surface area contributed by atoms with E-state index in [1.54, 1.807) is 12.1 Å². The minimum absolute atomic E-state index is 0.219. The van der Waals surface area contributed by atoms with E-state index in [9.17, 15) is 9.59 Å². The molecule has 0 spiro atoms. The molecule has 0 aliphatic rings. The van der Waals surface area contributed by atoms with E-state index in [0.29, 0.717) is 12.2 Å². The molecule has 6 nitrogen and oxygen atoms in total. The zero-order chi connectivity index (χ0) is 15.7. The SMILES string of the molecule is CCC(Oc1ccccc1)C(=O)N(CCOC)CC(=O)O. The highest BCUT2D eigenvalue weighted by molar-refractivity contribution is 5.84. The van der Waals surface area contributed by atoms with Crippen LogP contribution >= 0.6 is 0 Å². The van der Waals surface area contributed by atoms with Crippen LogP contribution in [0.25, 0.3) is 0 Å². The number of carbonyl (C=O) groups excluding carboxylic acids is 1. The first-order chi connectivity index (χ1) is 10.1. The van der Waals surface area contributed by atoms with Crippen LogP contribution in [0.5, 0.6) is 5.75 Å². The molecule has 6 heteroatoms. The molecule has 0 aliphatic heterocycles. The minimum atomic E-state index is -1.06. The second-order valence-electron chi connectivity index (χ2n) is 4.47. The summed E-state index contributed by atoms with van der Waals surface area (Å²) in [6.07, 6.45) is -0.250. The molecular formula is C15H21NO5. The van der Waals surface area contributed by atoms with Gasteiger partial charge >= 0.3 is 5.97 Å². The number of hydrogen-bond acceptors (Lipinski definition) is 4. The quantitative estimate of drug-likeness (QED) is 0.745. The van der Waals surface area contributed by atoms with Crippen LogP contribution in [0, 0.1) is 0 Å². The highest BCUT2D eigenvalue weighted by Crippen LogP contribution is 2.14. The first kappa shape index (κ1) is 17.0. The van der Waals surface area contributed by atoms with Crippen molar-refractivity contribution in [2.75, 3.05) is 26.8 Å². The second kappa shape index (κ2) is 8.97. The molecule has 0 heterocycles. The fourth-order valence-electron chi connectivity index (χ4n) is 1.81. The van der Waals surface area contributed by atoms with Gasteiger partial charge < -0.3 is 19.5 Å². The van der Waals surface area contributed by atoms with Crippen LogP contribution < -0.4 is 4.74 Å². The fraction of sp³-hybridized carbons (Fsp3) is 0.467. The van der Waals surface area contributed by atoms with Crippen LogP contribution in [-0.4, -0.2) is 54.8 Å². The highest BCUT2D eigenvalue weighted by atomic mass is 16.5. The Morgan fingerprint density at radius 3 is 2.48 bits per heavy atom. The molecule has 0 saturated heterocycles. The summed E-state index contributed by atoms with van der Waals surface area (Å²) >= 11 is 0. The molecule has 0 bridgehead atoms. The number of rotatable bonds is 9. The van der Waals surface area contributed by atoms with Gasteiger partial charge in [0.05, 0.1) is 6.61 Å². The largest absolute Gasteiger partial charge is 0.481 e. The Labute approximate surface area is 124 Å².